The third kappa shape index (κ3) is 2.12. The van der Waals surface area contributed by atoms with Crippen LogP contribution in [0.4, 0.5) is 0 Å². The summed E-state index contributed by atoms with van der Waals surface area (Å²) in [5, 5.41) is 8.38. The van der Waals surface area contributed by atoms with Crippen molar-refractivity contribution in [2.24, 2.45) is 0 Å². The lowest BCUT2D eigenvalue weighted by molar-refractivity contribution is 1.00. The van der Waals surface area contributed by atoms with Crippen molar-refractivity contribution in [1.82, 2.24) is 0 Å². The van der Waals surface area contributed by atoms with Gasteiger partial charge in [-0.15, -0.1) is 0 Å². The Morgan fingerprint density at radius 2 is 1.39 bits per heavy atom. The molecule has 0 saturated heterocycles. The second kappa shape index (κ2) is 5.69. The van der Waals surface area contributed by atoms with Gasteiger partial charge in [-0.1, -0.05) is 72.8 Å². The zero-order valence-corrected chi connectivity index (χ0v) is 16.3. The summed E-state index contributed by atoms with van der Waals surface area (Å²) in [5.74, 6) is 0. The second-order valence-corrected chi connectivity index (χ2v) is 8.24. The van der Waals surface area contributed by atoms with Crippen LogP contribution in [0.15, 0.2) is 66.7 Å². The van der Waals surface area contributed by atoms with Crippen LogP contribution in [0.3, 0.4) is 0 Å². The zero-order chi connectivity index (χ0) is 18.8. The summed E-state index contributed by atoms with van der Waals surface area (Å²) in [4.78, 5) is 0. The topological polar surface area (TPSA) is 0 Å². The summed E-state index contributed by atoms with van der Waals surface area (Å²) in [6.07, 6.45) is 4.65. The molecule has 5 aromatic carbocycles. The number of rotatable bonds is 1. The van der Waals surface area contributed by atoms with Crippen LogP contribution in [-0.2, 0) is 6.42 Å². The molecule has 0 aromatic heterocycles. The second-order valence-electron chi connectivity index (χ2n) is 8.24. The first kappa shape index (κ1) is 15.9. The maximum absolute atomic E-state index is 2.41. The van der Waals surface area contributed by atoms with E-state index < -0.39 is 0 Å². The Balaban J connectivity index is 1.73. The van der Waals surface area contributed by atoms with E-state index in [1.165, 1.54) is 65.7 Å². The molecule has 0 nitrogen and oxygen atoms in total. The van der Waals surface area contributed by atoms with E-state index in [4.69, 9.17) is 0 Å². The number of hydrogen-bond donors (Lipinski definition) is 0. The number of fused-ring (bicyclic) bond motifs is 1. The van der Waals surface area contributed by atoms with Crippen LogP contribution >= 0.6 is 0 Å². The van der Waals surface area contributed by atoms with Gasteiger partial charge in [-0.05, 0) is 92.4 Å². The van der Waals surface area contributed by atoms with Gasteiger partial charge in [0.25, 0.3) is 0 Å². The average molecular weight is 358 g/mol. The standard InChI is InChI=1S/C28H22/c1-17-7-8-20-11-12-24-18(2)15-26(25-14-13-23(17)27(20)28(24)25)22-10-9-19-5-3-4-6-21(19)16-22/h3-8,11-16H,9-10H2,1-2H3. The highest BCUT2D eigenvalue weighted by atomic mass is 14.2. The average Bonchev–Trinajstić information content (AvgIpc) is 2.74. The van der Waals surface area contributed by atoms with Gasteiger partial charge in [0.05, 0.1) is 0 Å². The van der Waals surface area contributed by atoms with E-state index in [2.05, 4.69) is 86.7 Å². The van der Waals surface area contributed by atoms with Crippen LogP contribution in [0.1, 0.15) is 34.2 Å². The molecule has 1 aliphatic carbocycles. The molecule has 0 N–H and O–H groups in total. The molecule has 5 aromatic rings. The van der Waals surface area contributed by atoms with Crippen molar-refractivity contribution >= 4 is 44.0 Å². The molecular formula is C28H22. The predicted octanol–water partition coefficient (Wildman–Crippen LogP) is 7.69. The molecule has 28 heavy (non-hydrogen) atoms. The normalized spacial score (nSPS) is 14.0. The maximum atomic E-state index is 2.41. The summed E-state index contributed by atoms with van der Waals surface area (Å²) in [6.45, 7) is 4.49. The smallest absolute Gasteiger partial charge is 0.00179 e. The Labute approximate surface area is 165 Å². The quantitative estimate of drug-likeness (QED) is 0.269. The molecule has 0 saturated carbocycles. The van der Waals surface area contributed by atoms with Crippen molar-refractivity contribution in [3.63, 3.8) is 0 Å². The fourth-order valence-electron chi connectivity index (χ4n) is 5.13. The van der Waals surface area contributed by atoms with E-state index in [0.717, 1.165) is 12.8 Å². The van der Waals surface area contributed by atoms with Crippen molar-refractivity contribution in [2.75, 3.05) is 0 Å². The van der Waals surface area contributed by atoms with Crippen molar-refractivity contribution in [2.45, 2.75) is 26.7 Å². The van der Waals surface area contributed by atoms with E-state index in [0.29, 0.717) is 0 Å². The predicted molar refractivity (Wildman–Crippen MR) is 122 cm³/mol. The van der Waals surface area contributed by atoms with Crippen LogP contribution in [0.2, 0.25) is 0 Å². The van der Waals surface area contributed by atoms with Gasteiger partial charge in [0, 0.05) is 0 Å². The number of hydrogen-bond acceptors (Lipinski definition) is 0. The summed E-state index contributed by atoms with van der Waals surface area (Å²) >= 11 is 0. The summed E-state index contributed by atoms with van der Waals surface area (Å²) in [6, 6.07) is 25.0. The number of allylic oxidation sites excluding steroid dienone is 1. The molecule has 134 valence electrons. The van der Waals surface area contributed by atoms with Crippen molar-refractivity contribution in [3.8, 4) is 0 Å². The molecule has 0 fully saturated rings. The van der Waals surface area contributed by atoms with Crippen molar-refractivity contribution < 1.29 is 0 Å². The lowest BCUT2D eigenvalue weighted by Gasteiger charge is -2.21. The van der Waals surface area contributed by atoms with Gasteiger partial charge in [0.15, 0.2) is 0 Å². The van der Waals surface area contributed by atoms with E-state index in [9.17, 15) is 0 Å². The number of benzene rings is 5. The van der Waals surface area contributed by atoms with Crippen LogP contribution in [0.5, 0.6) is 0 Å². The largest absolute Gasteiger partial charge is 0.0620 e. The molecule has 0 spiro atoms. The van der Waals surface area contributed by atoms with Crippen LogP contribution in [0.25, 0.3) is 44.0 Å². The monoisotopic (exact) mass is 358 g/mol. The lowest BCUT2D eigenvalue weighted by Crippen LogP contribution is -2.00. The molecule has 0 unspecified atom stereocenters. The Hall–Kier alpha value is -3.12. The minimum absolute atomic E-state index is 1.11. The number of aryl methyl sites for hydroxylation is 3. The minimum Gasteiger partial charge on any atom is -0.0620 e. The molecular weight excluding hydrogens is 336 g/mol. The van der Waals surface area contributed by atoms with Crippen LogP contribution < -0.4 is 0 Å². The van der Waals surface area contributed by atoms with Gasteiger partial charge in [-0.25, -0.2) is 0 Å². The Bertz CT molecular complexity index is 1420. The molecule has 0 bridgehead atoms. The molecule has 0 atom stereocenters. The minimum atomic E-state index is 1.11. The first-order valence-corrected chi connectivity index (χ1v) is 10.2. The molecule has 0 amide bonds. The highest BCUT2D eigenvalue weighted by Gasteiger charge is 2.18. The summed E-state index contributed by atoms with van der Waals surface area (Å²) < 4.78 is 0. The Kier molecular flexibility index (Phi) is 3.23. The third-order valence-corrected chi connectivity index (χ3v) is 6.60. The SMILES string of the molecule is Cc1ccc2ccc3c(C)cc(C4=Cc5ccccc5CC4)c4ccc1c2c34. The van der Waals surface area contributed by atoms with E-state index in [1.807, 2.05) is 0 Å². The fraction of sp³-hybridized carbons (Fsp3) is 0.143. The molecule has 0 aliphatic heterocycles. The Morgan fingerprint density at radius 1 is 0.643 bits per heavy atom. The molecule has 0 heterocycles. The van der Waals surface area contributed by atoms with Gasteiger partial charge < -0.3 is 0 Å². The van der Waals surface area contributed by atoms with Gasteiger partial charge in [0.2, 0.25) is 0 Å². The zero-order valence-electron chi connectivity index (χ0n) is 16.3. The first-order valence-electron chi connectivity index (χ1n) is 10.2. The lowest BCUT2D eigenvalue weighted by atomic mass is 9.83. The summed E-state index contributed by atoms with van der Waals surface area (Å²) in [5.41, 5.74) is 8.46. The van der Waals surface area contributed by atoms with Gasteiger partial charge in [-0.3, -0.25) is 0 Å². The maximum Gasteiger partial charge on any atom is -0.00179 e. The van der Waals surface area contributed by atoms with Gasteiger partial charge in [0.1, 0.15) is 0 Å². The fourth-order valence-corrected chi connectivity index (χ4v) is 5.13. The van der Waals surface area contributed by atoms with Crippen LogP contribution in [0, 0.1) is 13.8 Å². The first-order chi connectivity index (χ1) is 13.7. The summed E-state index contributed by atoms with van der Waals surface area (Å²) in [7, 11) is 0. The van der Waals surface area contributed by atoms with Crippen molar-refractivity contribution in [3.05, 3.63) is 94.5 Å². The van der Waals surface area contributed by atoms with Gasteiger partial charge in [-0.2, -0.15) is 0 Å². The third-order valence-electron chi connectivity index (χ3n) is 6.60. The van der Waals surface area contributed by atoms with E-state index in [-0.39, 0.29) is 0 Å². The highest BCUT2D eigenvalue weighted by molar-refractivity contribution is 6.26. The van der Waals surface area contributed by atoms with E-state index in [1.54, 1.807) is 0 Å². The molecule has 0 heteroatoms. The molecule has 1 aliphatic rings. The van der Waals surface area contributed by atoms with Crippen LogP contribution in [-0.4, -0.2) is 0 Å². The van der Waals surface area contributed by atoms with E-state index >= 15 is 0 Å². The highest BCUT2D eigenvalue weighted by Crippen LogP contribution is 2.42. The molecule has 0 radical (unpaired) electrons. The van der Waals surface area contributed by atoms with Gasteiger partial charge >= 0.3 is 0 Å². The molecule has 6 rings (SSSR count). The Morgan fingerprint density at radius 3 is 2.32 bits per heavy atom. The van der Waals surface area contributed by atoms with Crippen molar-refractivity contribution in [1.29, 1.82) is 0 Å².